The summed E-state index contributed by atoms with van der Waals surface area (Å²) in [4.78, 5) is 0. The van der Waals surface area contributed by atoms with Crippen LogP contribution in [0.2, 0.25) is 0 Å². The Morgan fingerprint density at radius 2 is 1.71 bits per heavy atom. The molecule has 0 radical (unpaired) electrons. The lowest BCUT2D eigenvalue weighted by Crippen LogP contribution is -2.29. The fourth-order valence-corrected chi connectivity index (χ4v) is 2.04. The number of alkyl halides is 2. The zero-order valence-corrected chi connectivity index (χ0v) is 9.98. The highest BCUT2D eigenvalue weighted by molar-refractivity contribution is 9.11. The van der Waals surface area contributed by atoms with Gasteiger partial charge in [0.25, 0.3) is 0 Å². The molecule has 14 heavy (non-hydrogen) atoms. The van der Waals surface area contributed by atoms with Crippen molar-refractivity contribution in [3.8, 4) is 5.75 Å². The summed E-state index contributed by atoms with van der Waals surface area (Å²) in [7, 11) is 0. The molecule has 0 fully saturated rings. The summed E-state index contributed by atoms with van der Waals surface area (Å²) in [6.45, 7) is -1.35. The Morgan fingerprint density at radius 1 is 1.21 bits per heavy atom. The summed E-state index contributed by atoms with van der Waals surface area (Å²) in [6, 6.07) is 4.45. The molecule has 0 saturated carbocycles. The smallest absolute Gasteiger partial charge is 0.421 e. The number of aliphatic hydroxyl groups excluding tert-OH is 1. The van der Waals surface area contributed by atoms with Crippen LogP contribution in [0.4, 0.5) is 8.78 Å². The minimum atomic E-state index is -3.56. The first kappa shape index (κ1) is 11.9. The van der Waals surface area contributed by atoms with Crippen molar-refractivity contribution in [3.05, 3.63) is 27.1 Å². The Labute approximate surface area is 96.1 Å². The molecule has 0 aliphatic carbocycles. The quantitative estimate of drug-likeness (QED) is 0.921. The monoisotopic (exact) mass is 330 g/mol. The van der Waals surface area contributed by atoms with Crippen molar-refractivity contribution in [1.82, 2.24) is 0 Å². The Bertz CT molecular complexity index is 311. The van der Waals surface area contributed by atoms with Crippen LogP contribution in [-0.2, 0) is 0 Å². The lowest BCUT2D eigenvalue weighted by Gasteiger charge is -2.15. The lowest BCUT2D eigenvalue weighted by atomic mass is 10.3. The van der Waals surface area contributed by atoms with Gasteiger partial charge in [-0.1, -0.05) is 31.9 Å². The molecule has 0 amide bonds. The van der Waals surface area contributed by atoms with Crippen molar-refractivity contribution < 1.29 is 18.6 Å². The molecule has 0 atom stereocenters. The van der Waals surface area contributed by atoms with E-state index in [4.69, 9.17) is 5.11 Å². The second kappa shape index (κ2) is 4.55. The van der Waals surface area contributed by atoms with Crippen molar-refractivity contribution >= 4 is 31.9 Å². The van der Waals surface area contributed by atoms with Crippen molar-refractivity contribution in [1.29, 1.82) is 0 Å². The fourth-order valence-electron chi connectivity index (χ4n) is 0.792. The molecule has 0 aliphatic heterocycles. The molecule has 1 N–H and O–H groups in total. The van der Waals surface area contributed by atoms with Gasteiger partial charge in [0, 0.05) is 8.95 Å². The predicted molar refractivity (Wildman–Crippen MR) is 54.5 cm³/mol. The highest BCUT2D eigenvalue weighted by atomic mass is 79.9. The van der Waals surface area contributed by atoms with E-state index < -0.39 is 12.7 Å². The lowest BCUT2D eigenvalue weighted by molar-refractivity contribution is -0.200. The predicted octanol–water partition coefficient (Wildman–Crippen LogP) is 3.18. The van der Waals surface area contributed by atoms with E-state index in [0.717, 1.165) is 0 Å². The van der Waals surface area contributed by atoms with Gasteiger partial charge in [0.15, 0.2) is 0 Å². The van der Waals surface area contributed by atoms with E-state index in [9.17, 15) is 8.78 Å². The Morgan fingerprint density at radius 3 is 2.14 bits per heavy atom. The average Bonchev–Trinajstić information content (AvgIpc) is 2.01. The number of rotatable bonds is 3. The molecule has 1 rings (SSSR count). The second-order valence-corrected chi connectivity index (χ2v) is 4.33. The van der Waals surface area contributed by atoms with Gasteiger partial charge in [-0.15, -0.1) is 0 Å². The normalized spacial score (nSPS) is 11.5. The topological polar surface area (TPSA) is 29.5 Å². The average molecular weight is 332 g/mol. The summed E-state index contributed by atoms with van der Waals surface area (Å²) >= 11 is 6.25. The van der Waals surface area contributed by atoms with Crippen LogP contribution < -0.4 is 4.74 Å². The van der Waals surface area contributed by atoms with Gasteiger partial charge in [-0.3, -0.25) is 0 Å². The Balaban J connectivity index is 2.87. The molecule has 0 saturated heterocycles. The minimum Gasteiger partial charge on any atom is -0.431 e. The molecule has 1 aromatic rings. The van der Waals surface area contributed by atoms with Crippen molar-refractivity contribution in [3.63, 3.8) is 0 Å². The zero-order valence-electron chi connectivity index (χ0n) is 6.81. The summed E-state index contributed by atoms with van der Waals surface area (Å²) in [5.41, 5.74) is 0. The summed E-state index contributed by atoms with van der Waals surface area (Å²) in [6.07, 6.45) is -3.56. The molecule has 0 bridgehead atoms. The molecule has 0 aliphatic rings. The van der Waals surface area contributed by atoms with Gasteiger partial charge in [0.05, 0.1) is 0 Å². The van der Waals surface area contributed by atoms with Crippen LogP contribution in [0.15, 0.2) is 27.1 Å². The molecule has 1 aromatic carbocycles. The molecule has 0 spiro atoms. The largest absolute Gasteiger partial charge is 0.431 e. The summed E-state index contributed by atoms with van der Waals surface area (Å²) in [5.74, 6) is -0.0229. The van der Waals surface area contributed by atoms with Crippen LogP contribution in [0.25, 0.3) is 0 Å². The first-order valence-electron chi connectivity index (χ1n) is 3.57. The van der Waals surface area contributed by atoms with Crippen LogP contribution in [0.5, 0.6) is 5.75 Å². The van der Waals surface area contributed by atoms with E-state index >= 15 is 0 Å². The minimum absolute atomic E-state index is 0.0229. The van der Waals surface area contributed by atoms with Gasteiger partial charge in [-0.25, -0.2) is 0 Å². The third-order valence-corrected chi connectivity index (χ3v) is 2.20. The van der Waals surface area contributed by atoms with Crippen LogP contribution in [0.3, 0.4) is 0 Å². The molecule has 78 valence electrons. The van der Waals surface area contributed by atoms with Crippen LogP contribution >= 0.6 is 31.9 Å². The molecule has 2 nitrogen and oxygen atoms in total. The van der Waals surface area contributed by atoms with E-state index in [1.807, 2.05) is 0 Å². The third kappa shape index (κ3) is 3.51. The van der Waals surface area contributed by atoms with E-state index in [2.05, 4.69) is 36.6 Å². The van der Waals surface area contributed by atoms with Crippen molar-refractivity contribution in [2.45, 2.75) is 6.11 Å². The molecule has 6 heteroatoms. The standard InChI is InChI=1S/C8H6Br2F2O2/c9-5-1-6(10)3-7(2-5)14-8(11,12)4-13/h1-3,13H,4H2. The highest BCUT2D eigenvalue weighted by Gasteiger charge is 2.30. The number of hydrogen-bond donors (Lipinski definition) is 1. The molecular weight excluding hydrogens is 326 g/mol. The van der Waals surface area contributed by atoms with E-state index in [-0.39, 0.29) is 5.75 Å². The maximum absolute atomic E-state index is 12.6. The van der Waals surface area contributed by atoms with Gasteiger partial charge in [-0.2, -0.15) is 8.78 Å². The van der Waals surface area contributed by atoms with Gasteiger partial charge in [0.1, 0.15) is 12.4 Å². The maximum atomic E-state index is 12.6. The van der Waals surface area contributed by atoms with E-state index in [1.54, 1.807) is 6.07 Å². The highest BCUT2D eigenvalue weighted by Crippen LogP contribution is 2.28. The molecule has 0 aromatic heterocycles. The van der Waals surface area contributed by atoms with Gasteiger partial charge < -0.3 is 9.84 Å². The van der Waals surface area contributed by atoms with Crippen LogP contribution in [0, 0.1) is 0 Å². The van der Waals surface area contributed by atoms with Gasteiger partial charge >= 0.3 is 6.11 Å². The van der Waals surface area contributed by atoms with Crippen LogP contribution in [0.1, 0.15) is 0 Å². The molecule has 0 heterocycles. The summed E-state index contributed by atoms with van der Waals surface area (Å²) in [5, 5.41) is 8.30. The second-order valence-electron chi connectivity index (χ2n) is 2.50. The number of benzene rings is 1. The van der Waals surface area contributed by atoms with E-state index in [0.29, 0.717) is 8.95 Å². The SMILES string of the molecule is OCC(F)(F)Oc1cc(Br)cc(Br)c1. The van der Waals surface area contributed by atoms with Crippen LogP contribution in [-0.4, -0.2) is 17.8 Å². The third-order valence-electron chi connectivity index (χ3n) is 1.29. The fraction of sp³-hybridized carbons (Fsp3) is 0.250. The Kier molecular flexibility index (Phi) is 3.86. The number of halogens is 4. The van der Waals surface area contributed by atoms with Crippen molar-refractivity contribution in [2.75, 3.05) is 6.61 Å². The number of hydrogen-bond acceptors (Lipinski definition) is 2. The van der Waals surface area contributed by atoms with Gasteiger partial charge in [-0.05, 0) is 18.2 Å². The Hall–Kier alpha value is -0.200. The van der Waals surface area contributed by atoms with Gasteiger partial charge in [0.2, 0.25) is 0 Å². The number of ether oxygens (including phenoxy) is 1. The molecular formula is C8H6Br2F2O2. The number of aliphatic hydroxyl groups is 1. The van der Waals surface area contributed by atoms with E-state index in [1.165, 1.54) is 12.1 Å². The van der Waals surface area contributed by atoms with Crippen molar-refractivity contribution in [2.24, 2.45) is 0 Å². The first-order chi connectivity index (χ1) is 6.43. The zero-order chi connectivity index (χ0) is 10.8. The maximum Gasteiger partial charge on any atom is 0.421 e. The summed E-state index contributed by atoms with van der Waals surface area (Å²) < 4.78 is 30.7. The molecule has 0 unspecified atom stereocenters. The first-order valence-corrected chi connectivity index (χ1v) is 5.15.